The van der Waals surface area contributed by atoms with Crippen LogP contribution in [0.4, 0.5) is 0 Å². The van der Waals surface area contributed by atoms with Gasteiger partial charge < -0.3 is 5.32 Å². The average molecular weight is 276 g/mol. The molecule has 1 aromatic rings. The SMILES string of the molecule is CC1CCNC(C)(C2CC2)CN1CCc1ccnn1C. The summed E-state index contributed by atoms with van der Waals surface area (Å²) in [7, 11) is 2.04. The number of hydrogen-bond donors (Lipinski definition) is 1. The molecular formula is C16H28N4. The predicted octanol–water partition coefficient (Wildman–Crippen LogP) is 1.82. The molecular weight excluding hydrogens is 248 g/mol. The van der Waals surface area contributed by atoms with Gasteiger partial charge in [0.1, 0.15) is 0 Å². The zero-order valence-corrected chi connectivity index (χ0v) is 13.1. The summed E-state index contributed by atoms with van der Waals surface area (Å²) in [4.78, 5) is 2.69. The molecule has 1 aliphatic carbocycles. The van der Waals surface area contributed by atoms with Crippen LogP contribution >= 0.6 is 0 Å². The van der Waals surface area contributed by atoms with Gasteiger partial charge in [0.05, 0.1) is 0 Å². The minimum absolute atomic E-state index is 0.331. The summed E-state index contributed by atoms with van der Waals surface area (Å²) in [5.41, 5.74) is 1.67. The van der Waals surface area contributed by atoms with Crippen LogP contribution in [0.2, 0.25) is 0 Å². The number of nitrogens with zero attached hydrogens (tertiary/aromatic N) is 3. The molecule has 2 heterocycles. The zero-order chi connectivity index (χ0) is 14.2. The predicted molar refractivity (Wildman–Crippen MR) is 81.7 cm³/mol. The van der Waals surface area contributed by atoms with Crippen LogP contribution in [-0.2, 0) is 13.5 Å². The van der Waals surface area contributed by atoms with Gasteiger partial charge in [0.2, 0.25) is 0 Å². The number of aryl methyl sites for hydroxylation is 1. The molecule has 2 aliphatic rings. The molecule has 4 heteroatoms. The van der Waals surface area contributed by atoms with E-state index in [2.05, 4.69) is 35.2 Å². The van der Waals surface area contributed by atoms with Crippen LogP contribution in [0.1, 0.15) is 38.8 Å². The fourth-order valence-corrected chi connectivity index (χ4v) is 3.58. The molecule has 0 bridgehead atoms. The highest BCUT2D eigenvalue weighted by Crippen LogP contribution is 2.41. The fraction of sp³-hybridized carbons (Fsp3) is 0.812. The smallest absolute Gasteiger partial charge is 0.0492 e. The lowest BCUT2D eigenvalue weighted by molar-refractivity contribution is 0.163. The van der Waals surface area contributed by atoms with Crippen molar-refractivity contribution in [1.29, 1.82) is 0 Å². The third-order valence-electron chi connectivity index (χ3n) is 5.30. The summed E-state index contributed by atoms with van der Waals surface area (Å²) in [6, 6.07) is 2.82. The summed E-state index contributed by atoms with van der Waals surface area (Å²) in [5.74, 6) is 0.895. The van der Waals surface area contributed by atoms with E-state index in [0.717, 1.165) is 25.4 Å². The molecule has 1 aliphatic heterocycles. The molecule has 0 spiro atoms. The first-order valence-electron chi connectivity index (χ1n) is 8.04. The van der Waals surface area contributed by atoms with Crippen molar-refractivity contribution in [3.63, 3.8) is 0 Å². The molecule has 112 valence electrons. The molecule has 0 amide bonds. The van der Waals surface area contributed by atoms with E-state index in [9.17, 15) is 0 Å². The first-order valence-corrected chi connectivity index (χ1v) is 8.04. The van der Waals surface area contributed by atoms with Gasteiger partial charge in [-0.2, -0.15) is 5.10 Å². The van der Waals surface area contributed by atoms with Gasteiger partial charge in [0.15, 0.2) is 0 Å². The third-order valence-corrected chi connectivity index (χ3v) is 5.30. The van der Waals surface area contributed by atoms with Gasteiger partial charge in [0.25, 0.3) is 0 Å². The van der Waals surface area contributed by atoms with E-state index in [1.54, 1.807) is 0 Å². The molecule has 2 unspecified atom stereocenters. The van der Waals surface area contributed by atoms with E-state index >= 15 is 0 Å². The van der Waals surface area contributed by atoms with E-state index in [1.807, 2.05) is 17.9 Å². The Morgan fingerprint density at radius 2 is 2.20 bits per heavy atom. The molecule has 1 saturated carbocycles. The van der Waals surface area contributed by atoms with Crippen molar-refractivity contribution in [3.05, 3.63) is 18.0 Å². The fourth-order valence-electron chi connectivity index (χ4n) is 3.58. The molecule has 4 nitrogen and oxygen atoms in total. The third kappa shape index (κ3) is 2.91. The van der Waals surface area contributed by atoms with Crippen LogP contribution in [0.3, 0.4) is 0 Å². The monoisotopic (exact) mass is 276 g/mol. The van der Waals surface area contributed by atoms with E-state index in [4.69, 9.17) is 0 Å². The Kier molecular flexibility index (Phi) is 3.87. The maximum atomic E-state index is 4.27. The number of hydrogen-bond acceptors (Lipinski definition) is 3. The van der Waals surface area contributed by atoms with Crippen LogP contribution in [0, 0.1) is 5.92 Å². The number of aromatic nitrogens is 2. The summed E-state index contributed by atoms with van der Waals surface area (Å²) < 4.78 is 2.00. The van der Waals surface area contributed by atoms with E-state index < -0.39 is 0 Å². The van der Waals surface area contributed by atoms with Crippen molar-refractivity contribution in [2.24, 2.45) is 13.0 Å². The first-order chi connectivity index (χ1) is 9.58. The van der Waals surface area contributed by atoms with Gasteiger partial charge in [-0.15, -0.1) is 0 Å². The molecule has 3 rings (SSSR count). The quantitative estimate of drug-likeness (QED) is 0.910. The second-order valence-corrected chi connectivity index (χ2v) is 6.92. The van der Waals surface area contributed by atoms with Gasteiger partial charge in [-0.1, -0.05) is 0 Å². The van der Waals surface area contributed by atoms with Crippen molar-refractivity contribution in [2.75, 3.05) is 19.6 Å². The highest BCUT2D eigenvalue weighted by molar-refractivity contribution is 5.04. The summed E-state index contributed by atoms with van der Waals surface area (Å²) >= 11 is 0. The van der Waals surface area contributed by atoms with Gasteiger partial charge in [-0.3, -0.25) is 9.58 Å². The topological polar surface area (TPSA) is 33.1 Å². The molecule has 1 saturated heterocycles. The molecule has 1 N–H and O–H groups in total. The minimum Gasteiger partial charge on any atom is -0.310 e. The van der Waals surface area contributed by atoms with Gasteiger partial charge in [-0.25, -0.2) is 0 Å². The summed E-state index contributed by atoms with van der Waals surface area (Å²) in [5, 5.41) is 8.10. The lowest BCUT2D eigenvalue weighted by atomic mass is 9.95. The molecule has 0 aromatic carbocycles. The van der Waals surface area contributed by atoms with Crippen molar-refractivity contribution in [2.45, 2.75) is 51.1 Å². The van der Waals surface area contributed by atoms with Crippen LogP contribution in [0.25, 0.3) is 0 Å². The van der Waals surface area contributed by atoms with Gasteiger partial charge in [-0.05, 0) is 51.6 Å². The lowest BCUT2D eigenvalue weighted by Gasteiger charge is -2.36. The summed E-state index contributed by atoms with van der Waals surface area (Å²) in [6.45, 7) is 8.31. The van der Waals surface area contributed by atoms with E-state index in [0.29, 0.717) is 11.6 Å². The van der Waals surface area contributed by atoms with Crippen LogP contribution in [0.15, 0.2) is 12.3 Å². The number of nitrogens with one attached hydrogen (secondary N) is 1. The van der Waals surface area contributed by atoms with Crippen LogP contribution < -0.4 is 5.32 Å². The lowest BCUT2D eigenvalue weighted by Crippen LogP contribution is -2.52. The second kappa shape index (κ2) is 5.49. The largest absolute Gasteiger partial charge is 0.310 e. The van der Waals surface area contributed by atoms with Gasteiger partial charge >= 0.3 is 0 Å². The second-order valence-electron chi connectivity index (χ2n) is 6.92. The van der Waals surface area contributed by atoms with E-state index in [1.165, 1.54) is 31.5 Å². The summed E-state index contributed by atoms with van der Waals surface area (Å²) in [6.07, 6.45) is 7.08. The Labute approximate surface area is 122 Å². The molecule has 20 heavy (non-hydrogen) atoms. The Morgan fingerprint density at radius 1 is 1.40 bits per heavy atom. The first kappa shape index (κ1) is 14.1. The van der Waals surface area contributed by atoms with Crippen molar-refractivity contribution < 1.29 is 0 Å². The highest BCUT2D eigenvalue weighted by atomic mass is 15.3. The molecule has 2 atom stereocenters. The van der Waals surface area contributed by atoms with Crippen LogP contribution in [0.5, 0.6) is 0 Å². The Hall–Kier alpha value is -0.870. The Balaban J connectivity index is 1.64. The maximum absolute atomic E-state index is 4.27. The Bertz CT molecular complexity index is 451. The zero-order valence-electron chi connectivity index (χ0n) is 13.1. The standard InChI is InChI=1S/C16H28N4/c1-13-6-9-17-16(2,14-4-5-14)12-20(13)11-8-15-7-10-18-19(15)3/h7,10,13-14,17H,4-6,8-9,11-12H2,1-3H3. The Morgan fingerprint density at radius 3 is 2.85 bits per heavy atom. The average Bonchev–Trinajstić information content (AvgIpc) is 3.20. The maximum Gasteiger partial charge on any atom is 0.0492 e. The molecule has 2 fully saturated rings. The van der Waals surface area contributed by atoms with Gasteiger partial charge in [0, 0.05) is 50.0 Å². The van der Waals surface area contributed by atoms with Crippen molar-refractivity contribution in [3.8, 4) is 0 Å². The van der Waals surface area contributed by atoms with Crippen molar-refractivity contribution >= 4 is 0 Å². The van der Waals surface area contributed by atoms with Crippen molar-refractivity contribution in [1.82, 2.24) is 20.0 Å². The van der Waals surface area contributed by atoms with Crippen LogP contribution in [-0.4, -0.2) is 45.9 Å². The number of rotatable bonds is 4. The van der Waals surface area contributed by atoms with E-state index in [-0.39, 0.29) is 0 Å². The molecule has 1 aromatic heterocycles. The normalized spacial score (nSPS) is 32.2. The minimum atomic E-state index is 0.331. The highest BCUT2D eigenvalue weighted by Gasteiger charge is 2.43. The molecule has 0 radical (unpaired) electrons.